The molecule has 1 N–H and O–H groups in total. The van der Waals surface area contributed by atoms with Crippen molar-refractivity contribution in [1.29, 1.82) is 0 Å². The van der Waals surface area contributed by atoms with E-state index < -0.39 is 0 Å². The maximum atomic E-state index is 13.2. The molecule has 90 valence electrons. The van der Waals surface area contributed by atoms with Crippen molar-refractivity contribution < 1.29 is 9.18 Å². The minimum Gasteiger partial charge on any atom is -0.326 e. The fourth-order valence-corrected chi connectivity index (χ4v) is 2.42. The summed E-state index contributed by atoms with van der Waals surface area (Å²) in [6, 6.07) is 14.4. The molecule has 1 aliphatic rings. The van der Waals surface area contributed by atoms with Crippen molar-refractivity contribution in [1.82, 2.24) is 0 Å². The van der Waals surface area contributed by atoms with Gasteiger partial charge in [-0.25, -0.2) is 4.39 Å². The molecule has 1 heterocycles. The van der Waals surface area contributed by atoms with Gasteiger partial charge in [0.15, 0.2) is 0 Å². The molecule has 2 aromatic rings. The molecular weight excluding hydrogens is 229 g/mol. The molecule has 2 nitrogen and oxygen atoms in total. The Hall–Kier alpha value is -2.16. The summed E-state index contributed by atoms with van der Waals surface area (Å²) in [5.74, 6) is -0.389. The first-order valence-electron chi connectivity index (χ1n) is 5.88. The highest BCUT2D eigenvalue weighted by atomic mass is 19.1. The van der Waals surface area contributed by atoms with Gasteiger partial charge in [-0.3, -0.25) is 4.79 Å². The summed E-state index contributed by atoms with van der Waals surface area (Å²) >= 11 is 0. The first kappa shape index (κ1) is 11.0. The van der Waals surface area contributed by atoms with E-state index in [0.29, 0.717) is 12.1 Å². The van der Waals surface area contributed by atoms with Crippen LogP contribution in [-0.4, -0.2) is 5.91 Å². The average molecular weight is 241 g/mol. The second-order valence-corrected chi connectivity index (χ2v) is 4.45. The number of halogens is 1. The van der Waals surface area contributed by atoms with E-state index in [1.54, 1.807) is 6.07 Å². The zero-order valence-electron chi connectivity index (χ0n) is 9.69. The molecule has 2 aromatic carbocycles. The highest BCUT2D eigenvalue weighted by molar-refractivity contribution is 5.95. The van der Waals surface area contributed by atoms with Gasteiger partial charge in [0.25, 0.3) is 0 Å². The first-order chi connectivity index (χ1) is 8.74. The highest BCUT2D eigenvalue weighted by Crippen LogP contribution is 2.37. The van der Waals surface area contributed by atoms with Gasteiger partial charge in [0.1, 0.15) is 5.82 Å². The standard InChI is InChI=1S/C15H12FNO/c16-11-6-7-12-13(10-4-2-1-3-5-10)9-15(18)17-14(12)8-11/h1-8,13H,9H2,(H,17,18). The third kappa shape index (κ3) is 1.88. The highest BCUT2D eigenvalue weighted by Gasteiger charge is 2.26. The Bertz CT molecular complexity index is 595. The molecule has 0 aromatic heterocycles. The predicted octanol–water partition coefficient (Wildman–Crippen LogP) is 3.30. The topological polar surface area (TPSA) is 29.1 Å². The quantitative estimate of drug-likeness (QED) is 0.815. The number of rotatable bonds is 1. The molecular formula is C15H12FNO. The number of carbonyl (C=O) groups excluding carboxylic acids is 1. The van der Waals surface area contributed by atoms with Crippen molar-refractivity contribution in [2.24, 2.45) is 0 Å². The van der Waals surface area contributed by atoms with Crippen molar-refractivity contribution >= 4 is 11.6 Å². The van der Waals surface area contributed by atoms with E-state index in [9.17, 15) is 9.18 Å². The predicted molar refractivity (Wildman–Crippen MR) is 67.9 cm³/mol. The van der Waals surface area contributed by atoms with E-state index in [1.807, 2.05) is 30.3 Å². The Balaban J connectivity index is 2.10. The molecule has 1 aliphatic heterocycles. The maximum absolute atomic E-state index is 13.2. The van der Waals surface area contributed by atoms with E-state index in [2.05, 4.69) is 5.32 Å². The summed E-state index contributed by atoms with van der Waals surface area (Å²) in [7, 11) is 0. The third-order valence-corrected chi connectivity index (χ3v) is 3.26. The average Bonchev–Trinajstić information content (AvgIpc) is 2.38. The molecule has 1 unspecified atom stereocenters. The van der Waals surface area contributed by atoms with E-state index >= 15 is 0 Å². The molecule has 1 amide bonds. The third-order valence-electron chi connectivity index (χ3n) is 3.26. The second-order valence-electron chi connectivity index (χ2n) is 4.45. The lowest BCUT2D eigenvalue weighted by molar-refractivity contribution is -0.116. The normalized spacial score (nSPS) is 18.1. The Morgan fingerprint density at radius 3 is 2.67 bits per heavy atom. The Labute approximate surface area is 104 Å². The molecule has 0 spiro atoms. The van der Waals surface area contributed by atoms with Gasteiger partial charge in [-0.2, -0.15) is 0 Å². The molecule has 3 heteroatoms. The Morgan fingerprint density at radius 1 is 1.11 bits per heavy atom. The lowest BCUT2D eigenvalue weighted by atomic mass is 9.85. The van der Waals surface area contributed by atoms with Gasteiger partial charge in [0.05, 0.1) is 0 Å². The molecule has 0 saturated heterocycles. The fourth-order valence-electron chi connectivity index (χ4n) is 2.42. The summed E-state index contributed by atoms with van der Waals surface area (Å²) in [5.41, 5.74) is 2.64. The van der Waals surface area contributed by atoms with Crippen LogP contribution in [0.25, 0.3) is 0 Å². The lowest BCUT2D eigenvalue weighted by Crippen LogP contribution is -2.23. The number of carbonyl (C=O) groups is 1. The van der Waals surface area contributed by atoms with E-state index in [4.69, 9.17) is 0 Å². The zero-order valence-corrected chi connectivity index (χ0v) is 9.69. The van der Waals surface area contributed by atoms with Crippen LogP contribution in [0.2, 0.25) is 0 Å². The lowest BCUT2D eigenvalue weighted by Gasteiger charge is -2.25. The largest absolute Gasteiger partial charge is 0.326 e. The molecule has 0 fully saturated rings. The summed E-state index contributed by atoms with van der Waals surface area (Å²) in [5, 5.41) is 2.72. The van der Waals surface area contributed by atoms with Crippen molar-refractivity contribution in [2.45, 2.75) is 12.3 Å². The Morgan fingerprint density at radius 2 is 1.89 bits per heavy atom. The molecule has 1 atom stereocenters. The minimum atomic E-state index is -0.331. The van der Waals surface area contributed by atoms with E-state index in [-0.39, 0.29) is 17.6 Å². The van der Waals surface area contributed by atoms with Crippen LogP contribution in [-0.2, 0) is 4.79 Å². The van der Waals surface area contributed by atoms with Crippen molar-refractivity contribution in [3.63, 3.8) is 0 Å². The molecule has 0 bridgehead atoms. The summed E-state index contributed by atoms with van der Waals surface area (Å²) in [6.45, 7) is 0. The van der Waals surface area contributed by atoms with Crippen LogP contribution in [0.3, 0.4) is 0 Å². The van der Waals surface area contributed by atoms with Crippen molar-refractivity contribution in [2.75, 3.05) is 5.32 Å². The number of fused-ring (bicyclic) bond motifs is 1. The molecule has 0 saturated carbocycles. The number of hydrogen-bond donors (Lipinski definition) is 1. The second kappa shape index (κ2) is 4.26. The van der Waals surface area contributed by atoms with Crippen molar-refractivity contribution in [3.05, 3.63) is 65.5 Å². The Kier molecular flexibility index (Phi) is 2.59. The molecule has 3 rings (SSSR count). The summed E-state index contributed by atoms with van der Waals surface area (Å²) in [4.78, 5) is 11.7. The summed E-state index contributed by atoms with van der Waals surface area (Å²) in [6.07, 6.45) is 0.405. The molecule has 0 radical (unpaired) electrons. The minimum absolute atomic E-state index is 0.00977. The SMILES string of the molecule is O=C1CC(c2ccccc2)c2ccc(F)cc2N1. The maximum Gasteiger partial charge on any atom is 0.225 e. The van der Waals surface area contributed by atoms with Gasteiger partial charge >= 0.3 is 0 Å². The number of benzene rings is 2. The van der Waals surface area contributed by atoms with Crippen LogP contribution < -0.4 is 5.32 Å². The number of nitrogens with one attached hydrogen (secondary N) is 1. The summed E-state index contributed by atoms with van der Waals surface area (Å²) < 4.78 is 13.2. The smallest absolute Gasteiger partial charge is 0.225 e. The van der Waals surface area contributed by atoms with Crippen LogP contribution in [0, 0.1) is 5.82 Å². The van der Waals surface area contributed by atoms with Gasteiger partial charge in [0, 0.05) is 18.0 Å². The number of hydrogen-bond acceptors (Lipinski definition) is 1. The molecule has 18 heavy (non-hydrogen) atoms. The van der Waals surface area contributed by atoms with Gasteiger partial charge in [0.2, 0.25) is 5.91 Å². The van der Waals surface area contributed by atoms with Crippen LogP contribution in [0.1, 0.15) is 23.5 Å². The van der Waals surface area contributed by atoms with E-state index in [0.717, 1.165) is 11.1 Å². The van der Waals surface area contributed by atoms with Gasteiger partial charge < -0.3 is 5.32 Å². The van der Waals surface area contributed by atoms with Gasteiger partial charge in [-0.05, 0) is 23.3 Å². The zero-order chi connectivity index (χ0) is 12.5. The van der Waals surface area contributed by atoms with Gasteiger partial charge in [-0.15, -0.1) is 0 Å². The van der Waals surface area contributed by atoms with Crippen molar-refractivity contribution in [3.8, 4) is 0 Å². The van der Waals surface area contributed by atoms with Crippen LogP contribution >= 0.6 is 0 Å². The van der Waals surface area contributed by atoms with E-state index in [1.165, 1.54) is 12.1 Å². The number of anilines is 1. The number of amides is 1. The van der Waals surface area contributed by atoms with Crippen LogP contribution in [0.15, 0.2) is 48.5 Å². The van der Waals surface area contributed by atoms with Crippen LogP contribution in [0.5, 0.6) is 0 Å². The fraction of sp³-hybridized carbons (Fsp3) is 0.133. The first-order valence-corrected chi connectivity index (χ1v) is 5.88. The van der Waals surface area contributed by atoms with Crippen LogP contribution in [0.4, 0.5) is 10.1 Å². The van der Waals surface area contributed by atoms with Gasteiger partial charge in [-0.1, -0.05) is 36.4 Å². The molecule has 0 aliphatic carbocycles. The monoisotopic (exact) mass is 241 g/mol.